The molecule has 66 valence electrons. The van der Waals surface area contributed by atoms with E-state index in [0.29, 0.717) is 5.41 Å². The third-order valence-electron chi connectivity index (χ3n) is 2.81. The quantitative estimate of drug-likeness (QED) is 0.618. The lowest BCUT2D eigenvalue weighted by Crippen LogP contribution is -2.31. The zero-order chi connectivity index (χ0) is 8.48. The van der Waals surface area contributed by atoms with Gasteiger partial charge in [0.15, 0.2) is 0 Å². The van der Waals surface area contributed by atoms with Crippen LogP contribution in [0.4, 0.5) is 0 Å². The molecule has 0 aliphatic heterocycles. The Morgan fingerprint density at radius 2 is 2.00 bits per heavy atom. The summed E-state index contributed by atoms with van der Waals surface area (Å²) in [5.41, 5.74) is 6.23. The van der Waals surface area contributed by atoms with Crippen molar-refractivity contribution in [1.29, 1.82) is 0 Å². The van der Waals surface area contributed by atoms with Gasteiger partial charge in [0, 0.05) is 0 Å². The van der Waals surface area contributed by atoms with E-state index in [2.05, 4.69) is 20.8 Å². The molecule has 0 heterocycles. The fraction of sp³-hybridized carbons (Fsp3) is 1.00. The molecule has 1 aliphatic carbocycles. The summed E-state index contributed by atoms with van der Waals surface area (Å²) in [6, 6.07) is 0. The van der Waals surface area contributed by atoms with Crippen LogP contribution in [0.15, 0.2) is 0 Å². The van der Waals surface area contributed by atoms with E-state index in [1.54, 1.807) is 0 Å². The largest absolute Gasteiger partial charge is 0.330 e. The summed E-state index contributed by atoms with van der Waals surface area (Å²) >= 11 is 0. The molecule has 11 heavy (non-hydrogen) atoms. The van der Waals surface area contributed by atoms with Crippen LogP contribution in [0, 0.1) is 17.3 Å². The summed E-state index contributed by atoms with van der Waals surface area (Å²) in [6.07, 6.45) is 4.05. The molecule has 1 rings (SSSR count). The lowest BCUT2D eigenvalue weighted by molar-refractivity contribution is 0.137. The van der Waals surface area contributed by atoms with Crippen LogP contribution < -0.4 is 5.73 Å². The van der Waals surface area contributed by atoms with Crippen molar-refractivity contribution in [2.45, 2.75) is 40.0 Å². The highest BCUT2D eigenvalue weighted by atomic mass is 14.6. The van der Waals surface area contributed by atoms with Gasteiger partial charge in [-0.25, -0.2) is 0 Å². The Morgan fingerprint density at radius 1 is 1.36 bits per heavy atom. The summed E-state index contributed by atoms with van der Waals surface area (Å²) in [5.74, 6) is 1.67. The zero-order valence-electron chi connectivity index (χ0n) is 8.06. The summed E-state index contributed by atoms with van der Waals surface area (Å²) in [5, 5.41) is 0. The molecule has 0 amide bonds. The number of hydrogen-bond donors (Lipinski definition) is 1. The van der Waals surface area contributed by atoms with Gasteiger partial charge in [-0.3, -0.25) is 0 Å². The monoisotopic (exact) mass is 155 g/mol. The first kappa shape index (κ1) is 9.05. The maximum absolute atomic E-state index is 5.69. The van der Waals surface area contributed by atoms with Crippen molar-refractivity contribution in [2.75, 3.05) is 6.54 Å². The van der Waals surface area contributed by atoms with E-state index in [-0.39, 0.29) is 0 Å². The Morgan fingerprint density at radius 3 is 2.45 bits per heavy atom. The van der Waals surface area contributed by atoms with E-state index in [1.807, 2.05) is 0 Å². The Bertz CT molecular complexity index is 129. The topological polar surface area (TPSA) is 26.0 Å². The molecule has 1 nitrogen and oxygen atoms in total. The third-order valence-corrected chi connectivity index (χ3v) is 2.81. The summed E-state index contributed by atoms with van der Waals surface area (Å²) in [6.45, 7) is 7.97. The smallest absolute Gasteiger partial charge is 0.00486 e. The molecule has 1 aliphatic rings. The van der Waals surface area contributed by atoms with E-state index in [4.69, 9.17) is 5.73 Å². The lowest BCUT2D eigenvalue weighted by Gasteiger charge is -2.38. The van der Waals surface area contributed by atoms with Gasteiger partial charge in [0.1, 0.15) is 0 Å². The molecule has 1 saturated carbocycles. The van der Waals surface area contributed by atoms with E-state index in [1.165, 1.54) is 19.3 Å². The second-order valence-electron chi connectivity index (χ2n) is 5.02. The minimum Gasteiger partial charge on any atom is -0.330 e. The molecule has 1 heteroatoms. The first-order valence-electron chi connectivity index (χ1n) is 4.73. The van der Waals surface area contributed by atoms with Gasteiger partial charge < -0.3 is 5.73 Å². The van der Waals surface area contributed by atoms with Crippen LogP contribution >= 0.6 is 0 Å². The molecule has 0 aromatic heterocycles. The molecular weight excluding hydrogens is 134 g/mol. The molecule has 0 aromatic carbocycles. The molecule has 0 saturated heterocycles. The molecule has 0 bridgehead atoms. The summed E-state index contributed by atoms with van der Waals surface area (Å²) in [4.78, 5) is 0. The predicted octanol–water partition coefficient (Wildman–Crippen LogP) is 2.41. The van der Waals surface area contributed by atoms with Gasteiger partial charge in [-0.15, -0.1) is 0 Å². The van der Waals surface area contributed by atoms with Crippen LogP contribution in [-0.2, 0) is 0 Å². The summed E-state index contributed by atoms with van der Waals surface area (Å²) in [7, 11) is 0. The van der Waals surface area contributed by atoms with Crippen molar-refractivity contribution in [2.24, 2.45) is 23.0 Å². The maximum Gasteiger partial charge on any atom is -0.00486 e. The van der Waals surface area contributed by atoms with Crippen LogP contribution in [0.5, 0.6) is 0 Å². The minimum absolute atomic E-state index is 0.543. The molecule has 0 radical (unpaired) electrons. The van der Waals surface area contributed by atoms with Crippen LogP contribution in [-0.4, -0.2) is 6.54 Å². The maximum atomic E-state index is 5.69. The lowest BCUT2D eigenvalue weighted by atomic mass is 9.68. The van der Waals surface area contributed by atoms with Gasteiger partial charge in [-0.05, 0) is 43.1 Å². The van der Waals surface area contributed by atoms with Crippen LogP contribution in [0.3, 0.4) is 0 Å². The van der Waals surface area contributed by atoms with E-state index >= 15 is 0 Å². The molecule has 2 atom stereocenters. The van der Waals surface area contributed by atoms with E-state index in [0.717, 1.165) is 18.4 Å². The van der Waals surface area contributed by atoms with Gasteiger partial charge in [0.2, 0.25) is 0 Å². The van der Waals surface area contributed by atoms with E-state index < -0.39 is 0 Å². The second-order valence-corrected chi connectivity index (χ2v) is 5.02. The van der Waals surface area contributed by atoms with Crippen molar-refractivity contribution >= 4 is 0 Å². The standard InChI is InChI=1S/C10H21N/c1-8-4-9(7-11)6-10(2,3)5-8/h8-9H,4-7,11H2,1-3H3/t8-,9-/m0/s1. The van der Waals surface area contributed by atoms with Crippen LogP contribution in [0.25, 0.3) is 0 Å². The van der Waals surface area contributed by atoms with Gasteiger partial charge >= 0.3 is 0 Å². The molecule has 0 unspecified atom stereocenters. The highest BCUT2D eigenvalue weighted by Gasteiger charge is 2.30. The number of rotatable bonds is 1. The number of hydrogen-bond acceptors (Lipinski definition) is 1. The Labute approximate surface area is 70.4 Å². The van der Waals surface area contributed by atoms with Gasteiger partial charge in [-0.1, -0.05) is 20.8 Å². The van der Waals surface area contributed by atoms with Crippen molar-refractivity contribution in [3.63, 3.8) is 0 Å². The van der Waals surface area contributed by atoms with Crippen molar-refractivity contribution in [1.82, 2.24) is 0 Å². The van der Waals surface area contributed by atoms with Gasteiger partial charge in [0.25, 0.3) is 0 Å². The van der Waals surface area contributed by atoms with E-state index in [9.17, 15) is 0 Å². The molecule has 0 aromatic rings. The van der Waals surface area contributed by atoms with Crippen LogP contribution in [0.1, 0.15) is 40.0 Å². The van der Waals surface area contributed by atoms with Crippen molar-refractivity contribution in [3.8, 4) is 0 Å². The average molecular weight is 155 g/mol. The fourth-order valence-corrected chi connectivity index (χ4v) is 2.72. The van der Waals surface area contributed by atoms with Crippen LogP contribution in [0.2, 0.25) is 0 Å². The van der Waals surface area contributed by atoms with Gasteiger partial charge in [-0.2, -0.15) is 0 Å². The molecule has 2 N–H and O–H groups in total. The highest BCUT2D eigenvalue weighted by Crippen LogP contribution is 2.40. The average Bonchev–Trinajstić information content (AvgIpc) is 1.83. The number of nitrogens with two attached hydrogens (primary N) is 1. The molecule has 0 spiro atoms. The Hall–Kier alpha value is -0.0400. The van der Waals surface area contributed by atoms with Gasteiger partial charge in [0.05, 0.1) is 0 Å². The first-order valence-corrected chi connectivity index (χ1v) is 4.73. The van der Waals surface area contributed by atoms with Crippen molar-refractivity contribution < 1.29 is 0 Å². The highest BCUT2D eigenvalue weighted by molar-refractivity contribution is 4.82. The second kappa shape index (κ2) is 3.14. The molecular formula is C10H21N. The normalized spacial score (nSPS) is 37.1. The first-order chi connectivity index (χ1) is 5.03. The minimum atomic E-state index is 0.543. The zero-order valence-corrected chi connectivity index (χ0v) is 8.06. The Kier molecular flexibility index (Phi) is 2.58. The fourth-order valence-electron chi connectivity index (χ4n) is 2.72. The Balaban J connectivity index is 2.51. The molecule has 1 fully saturated rings. The SMILES string of the molecule is C[C@H]1C[C@H](CN)CC(C)(C)C1. The predicted molar refractivity (Wildman–Crippen MR) is 49.3 cm³/mol. The van der Waals surface area contributed by atoms with Crippen molar-refractivity contribution in [3.05, 3.63) is 0 Å². The summed E-state index contributed by atoms with van der Waals surface area (Å²) < 4.78 is 0. The third kappa shape index (κ3) is 2.48.